The van der Waals surface area contributed by atoms with E-state index < -0.39 is 61.6 Å². The Labute approximate surface area is 371 Å². The van der Waals surface area contributed by atoms with Gasteiger partial charge in [0.05, 0.1) is 58.4 Å². The number of hydrogen-bond donors (Lipinski definition) is 2. The number of esters is 1. The lowest BCUT2D eigenvalue weighted by Gasteiger charge is -2.31. The van der Waals surface area contributed by atoms with Gasteiger partial charge >= 0.3 is 5.97 Å². The van der Waals surface area contributed by atoms with E-state index in [-0.39, 0.29) is 68.5 Å². The number of ether oxygens (including phenoxy) is 3. The highest BCUT2D eigenvalue weighted by molar-refractivity contribution is 7.91. The highest BCUT2D eigenvalue weighted by Gasteiger charge is 2.62. The third kappa shape index (κ3) is 9.72. The first-order chi connectivity index (χ1) is 30.0. The topological polar surface area (TPSA) is 178 Å². The number of carbonyl (C=O) groups is 4. The number of allylic oxidation sites excluding steroid dienone is 3. The predicted octanol–water partition coefficient (Wildman–Crippen LogP) is 7.07. The molecule has 8 rings (SSSR count). The molecular weight excluding hydrogens is 823 g/mol. The van der Waals surface area contributed by atoms with Crippen LogP contribution < -0.4 is 14.2 Å². The van der Waals surface area contributed by atoms with Crippen molar-refractivity contribution in [2.45, 2.75) is 159 Å². The van der Waals surface area contributed by atoms with Crippen LogP contribution in [0.5, 0.6) is 11.6 Å². The summed E-state index contributed by atoms with van der Waals surface area (Å²) >= 11 is 0. The van der Waals surface area contributed by atoms with Crippen LogP contribution in [0.15, 0.2) is 49.1 Å². The number of para-hydroxylation sites is 1. The molecule has 13 nitrogen and oxygen atoms in total. The van der Waals surface area contributed by atoms with Crippen molar-refractivity contribution in [2.24, 2.45) is 29.1 Å². The Morgan fingerprint density at radius 1 is 1.05 bits per heavy atom. The number of pyridine rings is 1. The van der Waals surface area contributed by atoms with Gasteiger partial charge in [0, 0.05) is 24.6 Å². The molecule has 3 heterocycles. The summed E-state index contributed by atoms with van der Waals surface area (Å²) in [4.78, 5) is 64.4. The second-order valence-corrected chi connectivity index (χ2v) is 22.4. The normalized spacial score (nSPS) is 30.6. The monoisotopic (exact) mass is 887 g/mol. The zero-order chi connectivity index (χ0) is 44.7. The van der Waals surface area contributed by atoms with Crippen LogP contribution in [0.25, 0.3) is 10.9 Å². The largest absolute Gasteiger partial charge is 0.492 e. The van der Waals surface area contributed by atoms with Gasteiger partial charge in [-0.2, -0.15) is 0 Å². The van der Waals surface area contributed by atoms with E-state index in [0.29, 0.717) is 48.4 Å². The quantitative estimate of drug-likeness (QED) is 0.165. The van der Waals surface area contributed by atoms with Crippen molar-refractivity contribution in [2.75, 3.05) is 13.2 Å². The SMILES string of the molecule is C=C[C@@H]1C[C@]1(CC(=O)[C@@H]1C[C@@H]2CN1C(=O)[C@H](C1CCCC1)CC(=O)O[C@@H]1CCC[C@H]1CC/C=C/Cc1c(nc3ccccc3c1OCCC(C)(C)O)O2)C(=O)NS(=O)(=O)C1(C)CC1. The van der Waals surface area contributed by atoms with E-state index in [2.05, 4.69) is 23.5 Å². The maximum absolute atomic E-state index is 15.2. The molecule has 7 atom stereocenters. The fourth-order valence-corrected chi connectivity index (χ4v) is 11.9. The first-order valence-electron chi connectivity index (χ1n) is 23.3. The number of rotatable bonds is 12. The molecule has 14 heteroatoms. The Bertz CT molecular complexity index is 2240. The molecule has 6 aliphatic rings. The Kier molecular flexibility index (Phi) is 12.9. The molecule has 1 aromatic carbocycles. The van der Waals surface area contributed by atoms with Crippen molar-refractivity contribution in [3.05, 3.63) is 54.6 Å². The van der Waals surface area contributed by atoms with Crippen molar-refractivity contribution in [1.82, 2.24) is 14.6 Å². The summed E-state index contributed by atoms with van der Waals surface area (Å²) in [5.74, 6) is -1.87. The van der Waals surface area contributed by atoms with E-state index in [9.17, 15) is 27.9 Å². The van der Waals surface area contributed by atoms with Crippen LogP contribution in [0.4, 0.5) is 0 Å². The number of carbonyl (C=O) groups excluding carboxylic acids is 4. The first-order valence-corrected chi connectivity index (χ1v) is 24.8. The standard InChI is InChI=1S/C49H65N3O10S/c1-5-33-28-49(33,46(56)51-63(58,59)48(4)22-23-48)29-40(53)39-26-34-30-52(39)45(55)37(31-14-9-10-15-31)27-42(54)62-41-21-13-17-32(41)16-7-6-8-19-36-43(60-25-24-47(2,3)57)35-18-11-12-20-38(35)50-44(36)61-34/h5-6,8,11-12,18,20,31-34,37,39,41,57H,1,7,9-10,13-17,19,21-30H2,2-4H3,(H,51,56)/b8-6+/t32-,33-,34-,37+,39+,41-,49-/m1/s1. The van der Waals surface area contributed by atoms with Gasteiger partial charge in [-0.15, -0.1) is 6.58 Å². The van der Waals surface area contributed by atoms with E-state index in [1.807, 2.05) is 24.3 Å². The fourth-order valence-electron chi connectivity index (χ4n) is 10.6. The van der Waals surface area contributed by atoms with Crippen molar-refractivity contribution < 1.29 is 46.9 Å². The van der Waals surface area contributed by atoms with Gasteiger partial charge in [-0.1, -0.05) is 43.2 Å². The summed E-state index contributed by atoms with van der Waals surface area (Å²) in [5.41, 5.74) is -0.931. The third-order valence-corrected chi connectivity index (χ3v) is 17.1. The summed E-state index contributed by atoms with van der Waals surface area (Å²) in [6.07, 6.45) is 14.3. The second-order valence-electron chi connectivity index (χ2n) is 20.2. The van der Waals surface area contributed by atoms with E-state index in [1.165, 1.54) is 0 Å². The minimum Gasteiger partial charge on any atom is -0.492 e. The lowest BCUT2D eigenvalue weighted by molar-refractivity contribution is -0.156. The van der Waals surface area contributed by atoms with Crippen LogP contribution >= 0.6 is 0 Å². The van der Waals surface area contributed by atoms with Crippen LogP contribution in [-0.2, 0) is 40.4 Å². The van der Waals surface area contributed by atoms with Gasteiger partial charge in [0.1, 0.15) is 18.0 Å². The molecule has 2 amide bonds. The van der Waals surface area contributed by atoms with Crippen LogP contribution in [0.1, 0.15) is 129 Å². The number of benzene rings is 1. The summed E-state index contributed by atoms with van der Waals surface area (Å²) in [6, 6.07) is 6.62. The van der Waals surface area contributed by atoms with Gasteiger partial charge in [0.2, 0.25) is 27.7 Å². The van der Waals surface area contributed by atoms with Gasteiger partial charge in [-0.05, 0) is 121 Å². The molecule has 2 N–H and O–H groups in total. The molecule has 2 aromatic rings. The van der Waals surface area contributed by atoms with E-state index in [1.54, 1.807) is 31.7 Å². The Morgan fingerprint density at radius 3 is 2.51 bits per heavy atom. The lowest BCUT2D eigenvalue weighted by atomic mass is 9.86. The van der Waals surface area contributed by atoms with Gasteiger partial charge in [0.15, 0.2) is 5.78 Å². The first kappa shape index (κ1) is 45.3. The molecule has 0 spiro atoms. The van der Waals surface area contributed by atoms with Crippen molar-refractivity contribution in [1.29, 1.82) is 0 Å². The number of nitrogens with zero attached hydrogens (tertiary/aromatic N) is 2. The maximum atomic E-state index is 15.2. The highest BCUT2D eigenvalue weighted by Crippen LogP contribution is 2.57. The lowest BCUT2D eigenvalue weighted by Crippen LogP contribution is -2.48. The van der Waals surface area contributed by atoms with Crippen LogP contribution in [-0.4, -0.2) is 88.7 Å². The number of fused-ring (bicyclic) bond motifs is 5. The molecule has 342 valence electrons. The molecule has 1 saturated heterocycles. The molecule has 63 heavy (non-hydrogen) atoms. The van der Waals surface area contributed by atoms with Gasteiger partial charge in [0.25, 0.3) is 0 Å². The van der Waals surface area contributed by atoms with Gasteiger partial charge in [-0.3, -0.25) is 23.9 Å². The Hall–Kier alpha value is -4.30. The number of Topliss-reactive ketones (excluding diaryl/α,β-unsaturated/α-hetero) is 1. The summed E-state index contributed by atoms with van der Waals surface area (Å²) in [5, 5.41) is 11.4. The molecule has 0 unspecified atom stereocenters. The minimum absolute atomic E-state index is 0.0354. The average Bonchev–Trinajstić information content (AvgIpc) is 3.86. The number of ketones is 1. The number of amides is 2. The Morgan fingerprint density at radius 2 is 1.79 bits per heavy atom. The van der Waals surface area contributed by atoms with Crippen molar-refractivity contribution in [3.63, 3.8) is 0 Å². The zero-order valence-corrected chi connectivity index (χ0v) is 38.0. The molecular formula is C49H65N3O10S. The number of aliphatic hydroxyl groups is 1. The molecule has 1 aromatic heterocycles. The van der Waals surface area contributed by atoms with E-state index >= 15 is 4.79 Å². The van der Waals surface area contributed by atoms with Crippen LogP contribution in [0, 0.1) is 29.1 Å². The second kappa shape index (κ2) is 17.9. The van der Waals surface area contributed by atoms with Gasteiger partial charge in [-0.25, -0.2) is 13.4 Å². The average molecular weight is 888 g/mol. The van der Waals surface area contributed by atoms with Crippen LogP contribution in [0.3, 0.4) is 0 Å². The minimum atomic E-state index is -3.98. The smallest absolute Gasteiger partial charge is 0.306 e. The van der Waals surface area contributed by atoms with Crippen molar-refractivity contribution in [3.8, 4) is 11.6 Å². The van der Waals surface area contributed by atoms with E-state index in [4.69, 9.17) is 19.2 Å². The number of hydrogen-bond acceptors (Lipinski definition) is 11. The maximum Gasteiger partial charge on any atom is 0.306 e. The summed E-state index contributed by atoms with van der Waals surface area (Å²) < 4.78 is 47.3. The number of aromatic nitrogens is 1. The predicted molar refractivity (Wildman–Crippen MR) is 237 cm³/mol. The number of nitrogens with one attached hydrogen (secondary N) is 1. The molecule has 5 fully saturated rings. The number of sulfonamides is 1. The molecule has 4 aliphatic carbocycles. The molecule has 0 radical (unpaired) electrons. The molecule has 4 saturated carbocycles. The zero-order valence-electron chi connectivity index (χ0n) is 37.1. The van der Waals surface area contributed by atoms with E-state index in [0.717, 1.165) is 63.2 Å². The van der Waals surface area contributed by atoms with Crippen LogP contribution in [0.2, 0.25) is 0 Å². The van der Waals surface area contributed by atoms with Gasteiger partial charge < -0.3 is 24.2 Å². The van der Waals surface area contributed by atoms with Crippen molar-refractivity contribution >= 4 is 44.5 Å². The fraction of sp³-hybridized carbons (Fsp3) is 0.653. The highest BCUT2D eigenvalue weighted by atomic mass is 32.2. The summed E-state index contributed by atoms with van der Waals surface area (Å²) in [6.45, 7) is 9.24. The Balaban J connectivity index is 1.16. The molecule has 2 aliphatic heterocycles. The molecule has 2 bridgehead atoms. The third-order valence-electron chi connectivity index (χ3n) is 15.0. The summed E-state index contributed by atoms with van der Waals surface area (Å²) in [7, 11) is -3.98.